The maximum Gasteiger partial charge on any atom is 0.283 e. The molecule has 0 aliphatic heterocycles. The second-order valence-corrected chi connectivity index (χ2v) is 5.18. The standard InChI is InChI=1S/C16H12N6O2/c1-10-14-11(9-13(23)21(10)12-5-2-3-6-17-12)20-22(15(14)24)16-18-7-4-8-19-16/h2-9,20H,1H3. The summed E-state index contributed by atoms with van der Waals surface area (Å²) in [6.07, 6.45) is 4.68. The summed E-state index contributed by atoms with van der Waals surface area (Å²) in [6, 6.07) is 8.29. The second-order valence-electron chi connectivity index (χ2n) is 5.18. The van der Waals surface area contributed by atoms with Gasteiger partial charge in [-0.05, 0) is 25.1 Å². The molecule has 0 aliphatic carbocycles. The fourth-order valence-corrected chi connectivity index (χ4v) is 2.69. The van der Waals surface area contributed by atoms with Crippen LogP contribution < -0.4 is 11.1 Å². The van der Waals surface area contributed by atoms with Crippen molar-refractivity contribution in [1.29, 1.82) is 0 Å². The van der Waals surface area contributed by atoms with Gasteiger partial charge < -0.3 is 0 Å². The molecule has 8 heteroatoms. The first-order chi connectivity index (χ1) is 11.7. The molecule has 0 fully saturated rings. The normalized spacial score (nSPS) is 11.0. The number of aromatic nitrogens is 6. The van der Waals surface area contributed by atoms with Gasteiger partial charge >= 0.3 is 0 Å². The monoisotopic (exact) mass is 320 g/mol. The van der Waals surface area contributed by atoms with E-state index in [9.17, 15) is 9.59 Å². The highest BCUT2D eigenvalue weighted by atomic mass is 16.1. The molecule has 0 saturated heterocycles. The van der Waals surface area contributed by atoms with Crippen LogP contribution in [0.25, 0.3) is 22.7 Å². The van der Waals surface area contributed by atoms with Crippen LogP contribution in [-0.2, 0) is 0 Å². The minimum Gasteiger partial charge on any atom is -0.287 e. The molecule has 4 heterocycles. The molecule has 24 heavy (non-hydrogen) atoms. The lowest BCUT2D eigenvalue weighted by atomic mass is 10.2. The zero-order valence-electron chi connectivity index (χ0n) is 12.7. The highest BCUT2D eigenvalue weighted by Gasteiger charge is 2.17. The molecule has 0 unspecified atom stereocenters. The van der Waals surface area contributed by atoms with Gasteiger partial charge in [-0.3, -0.25) is 19.3 Å². The van der Waals surface area contributed by atoms with E-state index in [1.54, 1.807) is 49.8 Å². The number of H-pyrrole nitrogens is 1. The van der Waals surface area contributed by atoms with Crippen molar-refractivity contribution in [3.8, 4) is 11.8 Å². The maximum absolute atomic E-state index is 12.8. The third kappa shape index (κ3) is 2.04. The second kappa shape index (κ2) is 5.27. The molecule has 0 saturated carbocycles. The molecule has 0 amide bonds. The molecule has 0 aromatic carbocycles. The minimum absolute atomic E-state index is 0.218. The van der Waals surface area contributed by atoms with Gasteiger partial charge in [0.2, 0.25) is 0 Å². The van der Waals surface area contributed by atoms with Gasteiger partial charge in [-0.15, -0.1) is 0 Å². The SMILES string of the molecule is Cc1c2c(=O)n(-c3ncccn3)[nH]c2cc(=O)n1-c1ccccn1. The van der Waals surface area contributed by atoms with E-state index in [1.165, 1.54) is 15.3 Å². The number of hydrogen-bond acceptors (Lipinski definition) is 5. The van der Waals surface area contributed by atoms with Gasteiger partial charge in [0.1, 0.15) is 5.82 Å². The predicted molar refractivity (Wildman–Crippen MR) is 87.6 cm³/mol. The van der Waals surface area contributed by atoms with Gasteiger partial charge in [-0.2, -0.15) is 4.68 Å². The highest BCUT2D eigenvalue weighted by Crippen LogP contribution is 2.14. The molecular weight excluding hydrogens is 308 g/mol. The van der Waals surface area contributed by atoms with Crippen molar-refractivity contribution in [1.82, 2.24) is 29.3 Å². The summed E-state index contributed by atoms with van der Waals surface area (Å²) >= 11 is 0. The lowest BCUT2D eigenvalue weighted by Crippen LogP contribution is -2.22. The van der Waals surface area contributed by atoms with Gasteiger partial charge in [0.05, 0.1) is 10.9 Å². The summed E-state index contributed by atoms with van der Waals surface area (Å²) in [5.41, 5.74) is 0.341. The van der Waals surface area contributed by atoms with Crippen LogP contribution in [0.15, 0.2) is 58.5 Å². The number of pyridine rings is 2. The van der Waals surface area contributed by atoms with Crippen molar-refractivity contribution in [2.45, 2.75) is 6.92 Å². The molecule has 8 nitrogen and oxygen atoms in total. The molecule has 0 radical (unpaired) electrons. The fraction of sp³-hybridized carbons (Fsp3) is 0.0625. The van der Waals surface area contributed by atoms with E-state index in [0.717, 1.165) is 0 Å². The summed E-state index contributed by atoms with van der Waals surface area (Å²) < 4.78 is 2.63. The topological polar surface area (TPSA) is 98.5 Å². The van der Waals surface area contributed by atoms with Crippen molar-refractivity contribution >= 4 is 10.9 Å². The Morgan fingerprint density at radius 1 is 1.00 bits per heavy atom. The lowest BCUT2D eigenvalue weighted by molar-refractivity contribution is 0.793. The molecule has 1 N–H and O–H groups in total. The van der Waals surface area contributed by atoms with Gasteiger partial charge in [-0.1, -0.05) is 6.07 Å². The first-order valence-corrected chi connectivity index (χ1v) is 7.23. The van der Waals surface area contributed by atoms with E-state index in [1.807, 2.05) is 0 Å². The van der Waals surface area contributed by atoms with Gasteiger partial charge in [0, 0.05) is 30.4 Å². The Labute approximate surface area is 135 Å². The smallest absolute Gasteiger partial charge is 0.283 e. The largest absolute Gasteiger partial charge is 0.287 e. The molecule has 118 valence electrons. The van der Waals surface area contributed by atoms with Crippen LogP contribution in [0, 0.1) is 6.92 Å². The Bertz CT molecular complexity index is 1140. The van der Waals surface area contributed by atoms with E-state index in [2.05, 4.69) is 20.1 Å². The molecule has 0 atom stereocenters. The van der Waals surface area contributed by atoms with Crippen molar-refractivity contribution in [2.75, 3.05) is 0 Å². The number of nitrogens with zero attached hydrogens (tertiary/aromatic N) is 5. The van der Waals surface area contributed by atoms with Crippen LogP contribution in [0.2, 0.25) is 0 Å². The molecule has 4 aromatic rings. The summed E-state index contributed by atoms with van der Waals surface area (Å²) in [4.78, 5) is 37.5. The molecule has 4 rings (SSSR count). The zero-order chi connectivity index (χ0) is 16.7. The molecule has 0 aliphatic rings. The van der Waals surface area contributed by atoms with Gasteiger partial charge in [-0.25, -0.2) is 15.0 Å². The Morgan fingerprint density at radius 3 is 2.46 bits per heavy atom. The highest BCUT2D eigenvalue weighted by molar-refractivity contribution is 5.80. The Balaban J connectivity index is 2.06. The average Bonchev–Trinajstić information content (AvgIpc) is 2.93. The number of aromatic amines is 1. The van der Waals surface area contributed by atoms with E-state index in [-0.39, 0.29) is 17.1 Å². The third-order valence-corrected chi connectivity index (χ3v) is 3.73. The number of nitrogens with one attached hydrogen (secondary N) is 1. The van der Waals surface area contributed by atoms with E-state index < -0.39 is 0 Å². The quantitative estimate of drug-likeness (QED) is 0.593. The van der Waals surface area contributed by atoms with E-state index in [0.29, 0.717) is 22.4 Å². The summed E-state index contributed by atoms with van der Waals surface area (Å²) in [7, 11) is 0. The first-order valence-electron chi connectivity index (χ1n) is 7.23. The zero-order valence-corrected chi connectivity index (χ0v) is 12.7. The molecule has 4 aromatic heterocycles. The van der Waals surface area contributed by atoms with Crippen molar-refractivity contribution < 1.29 is 0 Å². The molecule has 0 spiro atoms. The summed E-state index contributed by atoms with van der Waals surface area (Å²) in [5.74, 6) is 0.681. The molecule has 0 bridgehead atoms. The summed E-state index contributed by atoms with van der Waals surface area (Å²) in [6.45, 7) is 1.71. The van der Waals surface area contributed by atoms with Crippen molar-refractivity contribution in [3.05, 3.63) is 75.3 Å². The minimum atomic E-state index is -0.321. The van der Waals surface area contributed by atoms with Crippen LogP contribution in [0.4, 0.5) is 0 Å². The van der Waals surface area contributed by atoms with Gasteiger partial charge in [0.25, 0.3) is 17.1 Å². The number of fused-ring (bicyclic) bond motifs is 1. The fourth-order valence-electron chi connectivity index (χ4n) is 2.69. The summed E-state index contributed by atoms with van der Waals surface area (Å²) in [5, 5.41) is 3.28. The predicted octanol–water partition coefficient (Wildman–Crippen LogP) is 0.963. The third-order valence-electron chi connectivity index (χ3n) is 3.73. The Hall–Kier alpha value is -3.55. The Kier molecular flexibility index (Phi) is 3.09. The van der Waals surface area contributed by atoms with Crippen LogP contribution >= 0.6 is 0 Å². The first kappa shape index (κ1) is 14.1. The van der Waals surface area contributed by atoms with Crippen LogP contribution in [0.3, 0.4) is 0 Å². The number of hydrogen-bond donors (Lipinski definition) is 1. The van der Waals surface area contributed by atoms with Crippen molar-refractivity contribution in [3.63, 3.8) is 0 Å². The van der Waals surface area contributed by atoms with Crippen LogP contribution in [0.5, 0.6) is 0 Å². The van der Waals surface area contributed by atoms with E-state index in [4.69, 9.17) is 0 Å². The molecular formula is C16H12N6O2. The van der Waals surface area contributed by atoms with Crippen LogP contribution in [-0.4, -0.2) is 29.3 Å². The maximum atomic E-state index is 12.8. The number of rotatable bonds is 2. The van der Waals surface area contributed by atoms with Gasteiger partial charge in [0.15, 0.2) is 0 Å². The van der Waals surface area contributed by atoms with Crippen LogP contribution in [0.1, 0.15) is 5.69 Å². The Morgan fingerprint density at radius 2 is 1.75 bits per heavy atom. The number of aryl methyl sites for hydroxylation is 1. The van der Waals surface area contributed by atoms with Crippen molar-refractivity contribution in [2.24, 2.45) is 0 Å². The average molecular weight is 320 g/mol. The lowest BCUT2D eigenvalue weighted by Gasteiger charge is -2.08. The van der Waals surface area contributed by atoms with E-state index >= 15 is 0 Å².